The number of carbonyl (C=O) groups excluding carboxylic acids is 1. The standard InChI is InChI=1S/C9H16O3/c1-4-5-6-7-8(2)12-9(10)11-3/h5-6,8H,4,7H2,1-3H3. The zero-order valence-electron chi connectivity index (χ0n) is 7.87. The molecule has 1 atom stereocenters. The van der Waals surface area contributed by atoms with Gasteiger partial charge < -0.3 is 9.47 Å². The molecule has 1 unspecified atom stereocenters. The Morgan fingerprint density at radius 3 is 2.67 bits per heavy atom. The normalized spacial score (nSPS) is 12.9. The monoisotopic (exact) mass is 172 g/mol. The Labute approximate surface area is 73.4 Å². The maximum atomic E-state index is 10.6. The number of hydrogen-bond acceptors (Lipinski definition) is 3. The predicted octanol–water partition coefficient (Wildman–Crippen LogP) is 2.51. The highest BCUT2D eigenvalue weighted by atomic mass is 16.7. The van der Waals surface area contributed by atoms with E-state index in [1.165, 1.54) is 7.11 Å². The van der Waals surface area contributed by atoms with Gasteiger partial charge >= 0.3 is 6.16 Å². The van der Waals surface area contributed by atoms with E-state index in [4.69, 9.17) is 4.74 Å². The first-order valence-electron chi connectivity index (χ1n) is 4.10. The molecule has 3 heteroatoms. The average Bonchev–Trinajstić information content (AvgIpc) is 2.05. The third-order valence-electron chi connectivity index (χ3n) is 1.33. The maximum absolute atomic E-state index is 10.6. The van der Waals surface area contributed by atoms with Crippen LogP contribution in [0.5, 0.6) is 0 Å². The molecule has 0 aromatic heterocycles. The Balaban J connectivity index is 3.52. The maximum Gasteiger partial charge on any atom is 0.508 e. The summed E-state index contributed by atoms with van der Waals surface area (Å²) in [7, 11) is 1.30. The molecule has 0 aromatic carbocycles. The van der Waals surface area contributed by atoms with E-state index in [2.05, 4.69) is 11.7 Å². The largest absolute Gasteiger partial charge is 0.508 e. The minimum atomic E-state index is -0.618. The molecule has 0 amide bonds. The van der Waals surface area contributed by atoms with E-state index in [-0.39, 0.29) is 6.10 Å². The summed E-state index contributed by atoms with van der Waals surface area (Å²) in [6.45, 7) is 3.89. The van der Waals surface area contributed by atoms with Crippen LogP contribution < -0.4 is 0 Å². The van der Waals surface area contributed by atoms with Crippen LogP contribution in [-0.2, 0) is 9.47 Å². The molecule has 70 valence electrons. The van der Waals surface area contributed by atoms with Crippen molar-refractivity contribution in [3.05, 3.63) is 12.2 Å². The van der Waals surface area contributed by atoms with Crippen molar-refractivity contribution in [3.8, 4) is 0 Å². The van der Waals surface area contributed by atoms with Gasteiger partial charge in [0.2, 0.25) is 0 Å². The van der Waals surface area contributed by atoms with Crippen LogP contribution in [0.1, 0.15) is 26.7 Å². The van der Waals surface area contributed by atoms with Gasteiger partial charge in [0.1, 0.15) is 6.10 Å². The molecule has 3 nitrogen and oxygen atoms in total. The summed E-state index contributed by atoms with van der Waals surface area (Å²) >= 11 is 0. The van der Waals surface area contributed by atoms with E-state index < -0.39 is 6.16 Å². The summed E-state index contributed by atoms with van der Waals surface area (Å²) in [6, 6.07) is 0. The molecule has 0 saturated heterocycles. The topological polar surface area (TPSA) is 35.5 Å². The van der Waals surface area contributed by atoms with Crippen molar-refractivity contribution < 1.29 is 14.3 Å². The average molecular weight is 172 g/mol. The molecular formula is C9H16O3. The van der Waals surface area contributed by atoms with Crippen molar-refractivity contribution in [1.82, 2.24) is 0 Å². The highest BCUT2D eigenvalue weighted by molar-refractivity contribution is 5.59. The molecule has 0 fully saturated rings. The van der Waals surface area contributed by atoms with Crippen LogP contribution >= 0.6 is 0 Å². The van der Waals surface area contributed by atoms with Crippen LogP contribution in [0.4, 0.5) is 4.79 Å². The summed E-state index contributed by atoms with van der Waals surface area (Å²) < 4.78 is 9.18. The second kappa shape index (κ2) is 6.70. The predicted molar refractivity (Wildman–Crippen MR) is 47.0 cm³/mol. The van der Waals surface area contributed by atoms with Gasteiger partial charge in [0.05, 0.1) is 7.11 Å². The third-order valence-corrected chi connectivity index (χ3v) is 1.33. The first kappa shape index (κ1) is 11.0. The van der Waals surface area contributed by atoms with E-state index in [1.54, 1.807) is 0 Å². The second-order valence-electron chi connectivity index (χ2n) is 2.50. The molecule has 0 aliphatic carbocycles. The van der Waals surface area contributed by atoms with Gasteiger partial charge in [-0.15, -0.1) is 0 Å². The molecule has 0 aliphatic rings. The number of carbonyl (C=O) groups is 1. The summed E-state index contributed by atoms with van der Waals surface area (Å²) in [5.41, 5.74) is 0. The van der Waals surface area contributed by atoms with Crippen LogP contribution in [0.15, 0.2) is 12.2 Å². The fraction of sp³-hybridized carbons (Fsp3) is 0.667. The van der Waals surface area contributed by atoms with Crippen LogP contribution in [0.25, 0.3) is 0 Å². The fourth-order valence-electron chi connectivity index (χ4n) is 0.715. The van der Waals surface area contributed by atoms with E-state index in [9.17, 15) is 4.79 Å². The van der Waals surface area contributed by atoms with Crippen molar-refractivity contribution >= 4 is 6.16 Å². The van der Waals surface area contributed by atoms with E-state index in [1.807, 2.05) is 19.1 Å². The quantitative estimate of drug-likeness (QED) is 0.483. The Morgan fingerprint density at radius 1 is 1.50 bits per heavy atom. The first-order chi connectivity index (χ1) is 5.70. The number of methoxy groups -OCH3 is 1. The minimum absolute atomic E-state index is 0.111. The van der Waals surface area contributed by atoms with Crippen LogP contribution in [-0.4, -0.2) is 19.4 Å². The zero-order valence-corrected chi connectivity index (χ0v) is 7.87. The van der Waals surface area contributed by atoms with Crippen molar-refractivity contribution in [3.63, 3.8) is 0 Å². The highest BCUT2D eigenvalue weighted by Crippen LogP contribution is 2.00. The summed E-state index contributed by atoms with van der Waals surface area (Å²) in [5.74, 6) is 0. The third kappa shape index (κ3) is 5.77. The lowest BCUT2D eigenvalue weighted by Crippen LogP contribution is -2.13. The van der Waals surface area contributed by atoms with Gasteiger partial charge in [-0.05, 0) is 13.3 Å². The van der Waals surface area contributed by atoms with Crippen LogP contribution in [0.3, 0.4) is 0 Å². The molecular weight excluding hydrogens is 156 g/mol. The van der Waals surface area contributed by atoms with Crippen molar-refractivity contribution in [2.75, 3.05) is 7.11 Å². The number of rotatable bonds is 4. The van der Waals surface area contributed by atoms with Crippen molar-refractivity contribution in [2.45, 2.75) is 32.8 Å². The number of ether oxygens (including phenoxy) is 2. The molecule has 0 N–H and O–H groups in total. The summed E-state index contributed by atoms with van der Waals surface area (Å²) in [6.07, 6.45) is 5.05. The van der Waals surface area contributed by atoms with Crippen LogP contribution in [0, 0.1) is 0 Å². The SMILES string of the molecule is CCC=CCC(C)OC(=O)OC. The Bertz CT molecular complexity index is 152. The van der Waals surface area contributed by atoms with Gasteiger partial charge in [-0.3, -0.25) is 0 Å². The lowest BCUT2D eigenvalue weighted by molar-refractivity contribution is 0.0445. The highest BCUT2D eigenvalue weighted by Gasteiger charge is 2.06. The zero-order chi connectivity index (χ0) is 9.40. The molecule has 0 saturated carbocycles. The smallest absolute Gasteiger partial charge is 0.438 e. The Hall–Kier alpha value is -0.990. The van der Waals surface area contributed by atoms with Gasteiger partial charge in [-0.25, -0.2) is 4.79 Å². The number of allylic oxidation sites excluding steroid dienone is 1. The molecule has 0 heterocycles. The van der Waals surface area contributed by atoms with E-state index >= 15 is 0 Å². The van der Waals surface area contributed by atoms with Gasteiger partial charge in [0.15, 0.2) is 0 Å². The molecule has 0 aliphatic heterocycles. The summed E-state index contributed by atoms with van der Waals surface area (Å²) in [4.78, 5) is 10.6. The second-order valence-corrected chi connectivity index (χ2v) is 2.50. The first-order valence-corrected chi connectivity index (χ1v) is 4.10. The van der Waals surface area contributed by atoms with Crippen LogP contribution in [0.2, 0.25) is 0 Å². The molecule has 12 heavy (non-hydrogen) atoms. The number of hydrogen-bond donors (Lipinski definition) is 0. The van der Waals surface area contributed by atoms with Crippen molar-refractivity contribution in [1.29, 1.82) is 0 Å². The van der Waals surface area contributed by atoms with E-state index in [0.717, 1.165) is 12.8 Å². The minimum Gasteiger partial charge on any atom is -0.438 e. The molecule has 0 spiro atoms. The molecule has 0 bridgehead atoms. The van der Waals surface area contributed by atoms with Gasteiger partial charge in [0, 0.05) is 6.42 Å². The Kier molecular flexibility index (Phi) is 6.15. The van der Waals surface area contributed by atoms with E-state index in [0.29, 0.717) is 0 Å². The molecule has 0 rings (SSSR count). The van der Waals surface area contributed by atoms with Gasteiger partial charge in [-0.2, -0.15) is 0 Å². The fourth-order valence-corrected chi connectivity index (χ4v) is 0.715. The lowest BCUT2D eigenvalue weighted by atomic mass is 10.2. The Morgan fingerprint density at radius 2 is 2.17 bits per heavy atom. The van der Waals surface area contributed by atoms with Crippen molar-refractivity contribution in [2.24, 2.45) is 0 Å². The molecule has 0 radical (unpaired) electrons. The molecule has 0 aromatic rings. The summed E-state index contributed by atoms with van der Waals surface area (Å²) in [5, 5.41) is 0. The lowest BCUT2D eigenvalue weighted by Gasteiger charge is -2.08. The van der Waals surface area contributed by atoms with Gasteiger partial charge in [-0.1, -0.05) is 19.1 Å². The van der Waals surface area contributed by atoms with Gasteiger partial charge in [0.25, 0.3) is 0 Å².